The summed E-state index contributed by atoms with van der Waals surface area (Å²) in [6.45, 7) is 6.29. The van der Waals surface area contributed by atoms with E-state index in [2.05, 4.69) is 122 Å². The minimum Gasteiger partial charge on any atom is -0.354 e. The minimum atomic E-state index is -3.46. The number of hydrogen-bond acceptors (Lipinski definition) is 32. The highest BCUT2D eigenvalue weighted by Gasteiger charge is 2.26. The lowest BCUT2D eigenvalue weighted by Gasteiger charge is -2.12. The summed E-state index contributed by atoms with van der Waals surface area (Å²) in [6.07, 6.45) is 12.7. The molecule has 1 saturated carbocycles. The fourth-order valence-corrected chi connectivity index (χ4v) is 14.1. The number of halogens is 4. The first kappa shape index (κ1) is 89.6. The van der Waals surface area contributed by atoms with Crippen LogP contribution in [0.2, 0.25) is 20.1 Å². The van der Waals surface area contributed by atoms with E-state index < -0.39 is 63.0 Å². The molecule has 8 N–H and O–H groups in total. The molecule has 0 aliphatic heterocycles. The molecule has 1 aliphatic rings. The lowest BCUT2D eigenvalue weighted by Crippen LogP contribution is -2.18. The summed E-state index contributed by atoms with van der Waals surface area (Å²) >= 11 is 24.5. The topological polar surface area (TPSA) is 507 Å². The normalized spacial score (nSPS) is 11.8. The predicted octanol–water partition coefficient (Wildman–Crippen LogP) is 12.5. The highest BCUT2D eigenvalue weighted by Crippen LogP contribution is 2.30. The summed E-state index contributed by atoms with van der Waals surface area (Å²) < 4.78 is 93.3. The molecule has 1 aliphatic carbocycles. The molecule has 4 amide bonds. The Morgan fingerprint density at radius 2 is 0.631 bits per heavy atom. The van der Waals surface area contributed by atoms with E-state index in [1.165, 1.54) is 72.8 Å². The first-order chi connectivity index (χ1) is 58.0. The van der Waals surface area contributed by atoms with Crippen molar-refractivity contribution in [1.29, 1.82) is 0 Å². The van der Waals surface area contributed by atoms with E-state index in [0.29, 0.717) is 47.1 Å². The Hall–Kier alpha value is -13.2. The van der Waals surface area contributed by atoms with Crippen LogP contribution < -0.4 is 42.5 Å². The second-order valence-corrected chi connectivity index (χ2v) is 36.0. The minimum absolute atomic E-state index is 0.00191. The van der Waals surface area contributed by atoms with Crippen molar-refractivity contribution >= 4 is 163 Å². The Balaban J connectivity index is 0.000000159. The highest BCUT2D eigenvalue weighted by atomic mass is 35.5. The van der Waals surface area contributed by atoms with Gasteiger partial charge in [0.05, 0.1) is 61.9 Å². The molecule has 36 nitrogen and oxygen atoms in total. The standard InChI is InChI=1S/C22H17ClN6O3S.C19H17ClN6O3S.C19H19ClN6O3S.C18H17ClN6O3S/c1-33(31,32)15-10-11-16(17(23)13-15)20(30)28-22-27-19(18-9-5-6-12-24-18)26-21(29-22)25-14-7-3-2-4-8-14;1-30(28,29)12-7-8-13(14(20)10-12)17(27)25-19-24-16(15-4-2-3-9-21-15)23-18(26-19)22-11-5-6-11;1-11(2)22-18-23-16(15-6-4-5-9-21-15)24-19(26-18)25-17(27)13-8-7-12(10-14(13)20)30(3,28)29;1-3-20-17-22-15(14-6-4-5-9-21-14)23-18(25-17)24-16(26)12-8-7-11(10-13(12)19)29(2,27)28/h2-13H,1H3,(H2,25,26,27,28,29,30);2-4,7-11H,5-6H2,1H3,(H2,22,23,24,25,26,27);4-11H,1-3H3,(H2,22,23,24,25,26,27);4-10H,3H2,1-2H3,(H2,20,22,23,24,25,26). The van der Waals surface area contributed by atoms with Gasteiger partial charge in [0.1, 0.15) is 22.8 Å². The number of carbonyl (C=O) groups is 4. The van der Waals surface area contributed by atoms with Crippen LogP contribution in [0.4, 0.5) is 53.3 Å². The number of amides is 4. The molecule has 0 saturated heterocycles. The highest BCUT2D eigenvalue weighted by molar-refractivity contribution is 7.91. The van der Waals surface area contributed by atoms with E-state index >= 15 is 0 Å². The molecule has 122 heavy (non-hydrogen) atoms. The summed E-state index contributed by atoms with van der Waals surface area (Å²) in [5.74, 6) is -0.150. The third-order valence-electron chi connectivity index (χ3n) is 16.2. The van der Waals surface area contributed by atoms with Gasteiger partial charge >= 0.3 is 0 Å². The number of nitrogens with zero attached hydrogens (tertiary/aromatic N) is 16. The van der Waals surface area contributed by atoms with Crippen molar-refractivity contribution in [2.24, 2.45) is 0 Å². The van der Waals surface area contributed by atoms with Crippen molar-refractivity contribution in [3.8, 4) is 46.1 Å². The molecular weight excluding hydrogens is 1740 g/mol. The third-order valence-corrected chi connectivity index (χ3v) is 21.9. The van der Waals surface area contributed by atoms with Crippen molar-refractivity contribution in [2.75, 3.05) is 74.1 Å². The van der Waals surface area contributed by atoms with E-state index in [0.717, 1.165) is 43.6 Å². The zero-order valence-electron chi connectivity index (χ0n) is 65.0. The van der Waals surface area contributed by atoms with Crippen LogP contribution in [0, 0.1) is 0 Å². The van der Waals surface area contributed by atoms with Crippen molar-refractivity contribution in [2.45, 2.75) is 65.3 Å². The number of hydrogen-bond donors (Lipinski definition) is 8. The smallest absolute Gasteiger partial charge is 0.259 e. The fraction of sp³-hybridized carbons (Fsp3) is 0.154. The molecule has 0 radical (unpaired) electrons. The van der Waals surface area contributed by atoms with E-state index in [1.54, 1.807) is 91.5 Å². The number of pyridine rings is 4. The largest absolute Gasteiger partial charge is 0.354 e. The van der Waals surface area contributed by atoms with Gasteiger partial charge in [0, 0.05) is 74.1 Å². The number of para-hydroxylation sites is 1. The molecule has 626 valence electrons. The van der Waals surface area contributed by atoms with Crippen LogP contribution in [0.15, 0.2) is 220 Å². The second kappa shape index (κ2) is 39.8. The molecular formula is C78H70Cl4N24O12S4. The number of carbonyl (C=O) groups excluding carboxylic acids is 4. The lowest BCUT2D eigenvalue weighted by molar-refractivity contribution is 0.101. The van der Waals surface area contributed by atoms with Crippen LogP contribution >= 0.6 is 46.4 Å². The van der Waals surface area contributed by atoms with E-state index in [4.69, 9.17) is 46.4 Å². The number of sulfone groups is 4. The zero-order chi connectivity index (χ0) is 87.6. The van der Waals surface area contributed by atoms with Gasteiger partial charge in [-0.25, -0.2) is 33.7 Å². The average molecular weight is 1810 g/mol. The maximum absolute atomic E-state index is 12.8. The van der Waals surface area contributed by atoms with E-state index in [9.17, 15) is 52.8 Å². The Labute approximate surface area is 718 Å². The fourth-order valence-electron chi connectivity index (χ4n) is 10.2. The summed E-state index contributed by atoms with van der Waals surface area (Å²) in [5.41, 5.74) is 3.13. The summed E-state index contributed by atoms with van der Waals surface area (Å²) in [6, 6.07) is 46.3. The first-order valence-electron chi connectivity index (χ1n) is 36.0. The lowest BCUT2D eigenvalue weighted by atomic mass is 10.2. The number of anilines is 9. The van der Waals surface area contributed by atoms with Gasteiger partial charge in [0.25, 0.3) is 23.6 Å². The molecule has 0 unspecified atom stereocenters. The SMILES string of the molecule is CC(C)Nc1nc(NC(=O)c2ccc(S(C)(=O)=O)cc2Cl)nc(-c2ccccn2)n1.CCNc1nc(NC(=O)c2ccc(S(C)(=O)=O)cc2Cl)nc(-c2ccccn2)n1.CS(=O)(=O)c1ccc(C(=O)Nc2nc(NC3CC3)nc(-c3ccccn3)n2)c(Cl)c1.CS(=O)(=O)c1ccc(C(=O)Nc2nc(Nc3ccccc3)nc(-c3ccccn3)n2)c(Cl)c1. The van der Waals surface area contributed by atoms with Crippen molar-refractivity contribution < 1.29 is 52.8 Å². The summed E-state index contributed by atoms with van der Waals surface area (Å²) in [4.78, 5) is 119. The van der Waals surface area contributed by atoms with Crippen LogP contribution in [0.1, 0.15) is 75.0 Å². The van der Waals surface area contributed by atoms with Gasteiger partial charge in [-0.05, 0) is 167 Å². The van der Waals surface area contributed by atoms with Gasteiger partial charge in [-0.15, -0.1) is 0 Å². The van der Waals surface area contributed by atoms with Gasteiger partial charge in [-0.3, -0.25) is 60.4 Å². The maximum atomic E-state index is 12.8. The second-order valence-electron chi connectivity index (χ2n) is 26.3. The maximum Gasteiger partial charge on any atom is 0.259 e. The van der Waals surface area contributed by atoms with Crippen LogP contribution in [0.3, 0.4) is 0 Å². The molecule has 0 bridgehead atoms. The van der Waals surface area contributed by atoms with Crippen LogP contribution in [0.25, 0.3) is 46.1 Å². The molecule has 8 heterocycles. The molecule has 5 aromatic carbocycles. The number of rotatable bonds is 24. The van der Waals surface area contributed by atoms with Crippen LogP contribution in [0.5, 0.6) is 0 Å². The number of nitrogens with one attached hydrogen (secondary N) is 8. The molecule has 44 heteroatoms. The molecule has 1 fully saturated rings. The van der Waals surface area contributed by atoms with Crippen molar-refractivity contribution in [3.05, 3.63) is 243 Å². The van der Waals surface area contributed by atoms with E-state index in [1.807, 2.05) is 57.2 Å². The molecule has 14 rings (SSSR count). The Kier molecular flexibility index (Phi) is 29.2. The van der Waals surface area contributed by atoms with Crippen LogP contribution in [-0.2, 0) is 39.3 Å². The van der Waals surface area contributed by atoms with Crippen molar-refractivity contribution in [3.63, 3.8) is 0 Å². The van der Waals surface area contributed by atoms with Crippen molar-refractivity contribution in [1.82, 2.24) is 79.7 Å². The molecule has 8 aromatic heterocycles. The molecule has 13 aromatic rings. The van der Waals surface area contributed by atoms with Gasteiger partial charge in [-0.1, -0.05) is 88.9 Å². The van der Waals surface area contributed by atoms with Gasteiger partial charge in [0.2, 0.25) is 47.6 Å². The third kappa shape index (κ3) is 25.4. The quantitative estimate of drug-likeness (QED) is 0.0278. The number of benzene rings is 5. The summed E-state index contributed by atoms with van der Waals surface area (Å²) in [7, 11) is -13.8. The van der Waals surface area contributed by atoms with Crippen LogP contribution in [-0.4, -0.2) is 181 Å². The number of aromatic nitrogens is 16. The zero-order valence-corrected chi connectivity index (χ0v) is 71.3. The van der Waals surface area contributed by atoms with Gasteiger partial charge < -0.3 is 21.3 Å². The summed E-state index contributed by atoms with van der Waals surface area (Å²) in [5, 5.41) is 22.6. The van der Waals surface area contributed by atoms with Gasteiger partial charge in [-0.2, -0.15) is 59.8 Å². The Morgan fingerprint density at radius 1 is 0.352 bits per heavy atom. The van der Waals surface area contributed by atoms with E-state index in [-0.39, 0.29) is 127 Å². The Morgan fingerprint density at radius 3 is 0.918 bits per heavy atom. The Bertz CT molecular complexity index is 6360. The average Bonchev–Trinajstić information content (AvgIpc) is 1.03. The monoisotopic (exact) mass is 1800 g/mol. The molecule has 0 spiro atoms. The molecule has 0 atom stereocenters. The predicted molar refractivity (Wildman–Crippen MR) is 462 cm³/mol. The van der Waals surface area contributed by atoms with Gasteiger partial charge in [0.15, 0.2) is 62.6 Å². The first-order valence-corrected chi connectivity index (χ1v) is 45.1.